The molecule has 0 unspecified atom stereocenters. The van der Waals surface area contributed by atoms with E-state index in [4.69, 9.17) is 16.9 Å². The number of halogens is 1. The van der Waals surface area contributed by atoms with Crippen molar-refractivity contribution < 1.29 is 0 Å². The molecule has 1 heterocycles. The van der Waals surface area contributed by atoms with Crippen LogP contribution in [0.2, 0.25) is 5.02 Å². The van der Waals surface area contributed by atoms with Crippen LogP contribution in [0.25, 0.3) is 11.0 Å². The Balaban J connectivity index is 1.82. The van der Waals surface area contributed by atoms with Gasteiger partial charge in [0.2, 0.25) is 0 Å². The van der Waals surface area contributed by atoms with Crippen LogP contribution in [-0.4, -0.2) is 9.55 Å². The fraction of sp³-hybridized carbons (Fsp3) is 0.125. The van der Waals surface area contributed by atoms with Crippen LogP contribution in [0.4, 0.5) is 5.69 Å². The second-order valence-electron chi connectivity index (χ2n) is 4.74. The highest BCUT2D eigenvalue weighted by atomic mass is 35.5. The van der Waals surface area contributed by atoms with Crippen LogP contribution in [0.3, 0.4) is 0 Å². The zero-order valence-corrected chi connectivity index (χ0v) is 12.2. The summed E-state index contributed by atoms with van der Waals surface area (Å²) in [5, 5.41) is 12.6. The van der Waals surface area contributed by atoms with Gasteiger partial charge in [0.05, 0.1) is 28.2 Å². The number of nitrogens with one attached hydrogen (secondary N) is 1. The Labute approximate surface area is 127 Å². The van der Waals surface area contributed by atoms with E-state index in [-0.39, 0.29) is 0 Å². The van der Waals surface area contributed by atoms with E-state index in [0.29, 0.717) is 17.1 Å². The Morgan fingerprint density at radius 1 is 1.29 bits per heavy atom. The number of hydrogen-bond donors (Lipinski definition) is 1. The maximum Gasteiger partial charge on any atom is 0.128 e. The van der Waals surface area contributed by atoms with E-state index in [1.807, 2.05) is 43.4 Å². The summed E-state index contributed by atoms with van der Waals surface area (Å²) in [7, 11) is 2.00. The van der Waals surface area contributed by atoms with E-state index >= 15 is 0 Å². The first-order chi connectivity index (χ1) is 10.2. The van der Waals surface area contributed by atoms with Crippen molar-refractivity contribution in [2.45, 2.75) is 6.54 Å². The normalized spacial score (nSPS) is 10.5. The first-order valence-electron chi connectivity index (χ1n) is 6.53. The van der Waals surface area contributed by atoms with Gasteiger partial charge in [-0.3, -0.25) is 0 Å². The number of nitriles is 1. The average Bonchev–Trinajstić information content (AvgIpc) is 2.82. The molecule has 0 aliphatic carbocycles. The van der Waals surface area contributed by atoms with Gasteiger partial charge < -0.3 is 9.88 Å². The van der Waals surface area contributed by atoms with Crippen LogP contribution < -0.4 is 5.32 Å². The maximum absolute atomic E-state index is 8.87. The molecule has 1 aromatic heterocycles. The van der Waals surface area contributed by atoms with Crippen molar-refractivity contribution in [3.05, 3.63) is 58.9 Å². The number of fused-ring (bicyclic) bond motifs is 1. The van der Waals surface area contributed by atoms with Gasteiger partial charge in [0, 0.05) is 12.7 Å². The summed E-state index contributed by atoms with van der Waals surface area (Å²) in [6.45, 7) is 0.591. The molecule has 4 nitrogen and oxygen atoms in total. The number of rotatable bonds is 3. The molecule has 0 amide bonds. The van der Waals surface area contributed by atoms with Gasteiger partial charge in [0.15, 0.2) is 0 Å². The molecule has 1 N–H and O–H groups in total. The van der Waals surface area contributed by atoms with Gasteiger partial charge in [0.25, 0.3) is 0 Å². The summed E-state index contributed by atoms with van der Waals surface area (Å²) < 4.78 is 2.06. The van der Waals surface area contributed by atoms with Crippen molar-refractivity contribution in [3.8, 4) is 6.07 Å². The second-order valence-corrected chi connectivity index (χ2v) is 5.14. The molecule has 3 aromatic rings. The van der Waals surface area contributed by atoms with Gasteiger partial charge in [-0.2, -0.15) is 5.26 Å². The molecule has 0 spiro atoms. The lowest BCUT2D eigenvalue weighted by atomic mass is 10.2. The van der Waals surface area contributed by atoms with Crippen LogP contribution in [0, 0.1) is 11.3 Å². The first-order valence-corrected chi connectivity index (χ1v) is 6.90. The number of para-hydroxylation sites is 2. The van der Waals surface area contributed by atoms with Crippen LogP contribution in [0.15, 0.2) is 42.5 Å². The van der Waals surface area contributed by atoms with Crippen LogP contribution in [0.1, 0.15) is 11.4 Å². The lowest BCUT2D eigenvalue weighted by Gasteiger charge is -2.07. The SMILES string of the molecule is Cn1c(CNc2ccc(C#N)c(Cl)c2)nc2ccccc21. The van der Waals surface area contributed by atoms with Gasteiger partial charge in [-0.25, -0.2) is 4.98 Å². The molecule has 0 aliphatic heterocycles. The second kappa shape index (κ2) is 5.47. The van der Waals surface area contributed by atoms with E-state index in [1.165, 1.54) is 0 Å². The summed E-state index contributed by atoms with van der Waals surface area (Å²) in [6.07, 6.45) is 0. The largest absolute Gasteiger partial charge is 0.378 e. The lowest BCUT2D eigenvalue weighted by Crippen LogP contribution is -2.05. The van der Waals surface area contributed by atoms with Crippen molar-refractivity contribution in [1.29, 1.82) is 5.26 Å². The third kappa shape index (κ3) is 2.56. The fourth-order valence-corrected chi connectivity index (χ4v) is 2.47. The summed E-state index contributed by atoms with van der Waals surface area (Å²) in [5.74, 6) is 0.941. The van der Waals surface area contributed by atoms with E-state index in [2.05, 4.69) is 14.9 Å². The minimum absolute atomic E-state index is 0.451. The number of aryl methyl sites for hydroxylation is 1. The molecule has 2 aromatic carbocycles. The number of benzene rings is 2. The molecule has 21 heavy (non-hydrogen) atoms. The molecule has 3 rings (SSSR count). The molecule has 5 heteroatoms. The summed E-state index contributed by atoms with van der Waals surface area (Å²) in [4.78, 5) is 4.60. The molecule has 0 radical (unpaired) electrons. The van der Waals surface area contributed by atoms with Crippen molar-refractivity contribution in [1.82, 2.24) is 9.55 Å². The smallest absolute Gasteiger partial charge is 0.128 e. The molecular formula is C16H13ClN4. The minimum atomic E-state index is 0.451. The molecule has 104 valence electrons. The van der Waals surface area contributed by atoms with Crippen molar-refractivity contribution in [2.24, 2.45) is 7.05 Å². The fourth-order valence-electron chi connectivity index (χ4n) is 2.25. The standard InChI is InChI=1S/C16H13ClN4/c1-21-15-5-3-2-4-14(15)20-16(21)10-19-12-7-6-11(9-18)13(17)8-12/h2-8,19H,10H2,1H3. The van der Waals surface area contributed by atoms with Gasteiger partial charge in [-0.1, -0.05) is 23.7 Å². The number of nitrogens with zero attached hydrogens (tertiary/aromatic N) is 3. The topological polar surface area (TPSA) is 53.6 Å². The van der Waals surface area contributed by atoms with Crippen molar-refractivity contribution in [2.75, 3.05) is 5.32 Å². The summed E-state index contributed by atoms with van der Waals surface area (Å²) in [5.41, 5.74) is 3.43. The Morgan fingerprint density at radius 2 is 2.10 bits per heavy atom. The molecule has 0 saturated carbocycles. The van der Waals surface area contributed by atoms with Gasteiger partial charge in [-0.15, -0.1) is 0 Å². The highest BCUT2D eigenvalue weighted by Gasteiger charge is 2.07. The highest BCUT2D eigenvalue weighted by Crippen LogP contribution is 2.21. The zero-order chi connectivity index (χ0) is 14.8. The highest BCUT2D eigenvalue weighted by molar-refractivity contribution is 6.32. The third-order valence-electron chi connectivity index (χ3n) is 3.42. The number of aromatic nitrogens is 2. The van der Waals surface area contributed by atoms with E-state index in [0.717, 1.165) is 22.5 Å². The third-order valence-corrected chi connectivity index (χ3v) is 3.73. The monoisotopic (exact) mass is 296 g/mol. The van der Waals surface area contributed by atoms with Gasteiger partial charge in [-0.05, 0) is 30.3 Å². The Hall–Kier alpha value is -2.51. The van der Waals surface area contributed by atoms with Gasteiger partial charge >= 0.3 is 0 Å². The number of hydrogen-bond acceptors (Lipinski definition) is 3. The van der Waals surface area contributed by atoms with E-state index in [9.17, 15) is 0 Å². The van der Waals surface area contributed by atoms with Crippen molar-refractivity contribution in [3.63, 3.8) is 0 Å². The van der Waals surface area contributed by atoms with E-state index in [1.54, 1.807) is 12.1 Å². The minimum Gasteiger partial charge on any atom is -0.378 e. The van der Waals surface area contributed by atoms with Crippen LogP contribution in [0.5, 0.6) is 0 Å². The number of imidazole rings is 1. The Bertz CT molecular complexity index is 845. The zero-order valence-electron chi connectivity index (χ0n) is 11.5. The molecular weight excluding hydrogens is 284 g/mol. The number of anilines is 1. The Morgan fingerprint density at radius 3 is 2.81 bits per heavy atom. The average molecular weight is 297 g/mol. The first kappa shape index (κ1) is 13.5. The molecule has 0 bridgehead atoms. The predicted octanol–water partition coefficient (Wildman–Crippen LogP) is 3.71. The van der Waals surface area contributed by atoms with Crippen LogP contribution in [-0.2, 0) is 13.6 Å². The quantitative estimate of drug-likeness (QED) is 0.801. The molecule has 0 fully saturated rings. The molecule has 0 saturated heterocycles. The molecule has 0 aliphatic rings. The lowest BCUT2D eigenvalue weighted by molar-refractivity contribution is 0.834. The molecule has 0 atom stereocenters. The summed E-state index contributed by atoms with van der Waals surface area (Å²) in [6, 6.07) is 15.4. The van der Waals surface area contributed by atoms with Crippen LogP contribution >= 0.6 is 11.6 Å². The van der Waals surface area contributed by atoms with Crippen molar-refractivity contribution >= 4 is 28.3 Å². The van der Waals surface area contributed by atoms with Gasteiger partial charge in [0.1, 0.15) is 11.9 Å². The summed E-state index contributed by atoms with van der Waals surface area (Å²) >= 11 is 6.02. The predicted molar refractivity (Wildman–Crippen MR) is 84.2 cm³/mol. The Kier molecular flexibility index (Phi) is 3.51. The van der Waals surface area contributed by atoms with E-state index < -0.39 is 0 Å². The maximum atomic E-state index is 8.87.